The molecule has 2 saturated heterocycles. The molecule has 1 amide bonds. The van der Waals surface area contributed by atoms with Gasteiger partial charge in [0.05, 0.1) is 12.2 Å². The lowest BCUT2D eigenvalue weighted by Gasteiger charge is -2.36. The highest BCUT2D eigenvalue weighted by atomic mass is 16.5. The van der Waals surface area contributed by atoms with Gasteiger partial charge in [-0.2, -0.15) is 0 Å². The Hall–Kier alpha value is -0.650. The van der Waals surface area contributed by atoms with Crippen LogP contribution in [0.2, 0.25) is 0 Å². The van der Waals surface area contributed by atoms with Crippen LogP contribution in [0.1, 0.15) is 33.6 Å². The second-order valence-corrected chi connectivity index (χ2v) is 6.63. The zero-order valence-corrected chi connectivity index (χ0v) is 13.1. The normalized spacial score (nSPS) is 25.1. The maximum absolute atomic E-state index is 12.2. The largest absolute Gasteiger partial charge is 0.375 e. The summed E-state index contributed by atoms with van der Waals surface area (Å²) in [6, 6.07) is 0. The maximum atomic E-state index is 12.2. The first-order valence-corrected chi connectivity index (χ1v) is 7.72. The highest BCUT2D eigenvalue weighted by Gasteiger charge is 2.30. The fourth-order valence-electron chi connectivity index (χ4n) is 2.65. The third kappa shape index (κ3) is 4.72. The number of carbonyl (C=O) groups excluding carboxylic acids is 1. The van der Waals surface area contributed by atoms with Crippen molar-refractivity contribution in [2.45, 2.75) is 45.3 Å². The molecule has 2 rings (SSSR count). The van der Waals surface area contributed by atoms with Gasteiger partial charge in [0.15, 0.2) is 0 Å². The molecule has 2 heterocycles. The summed E-state index contributed by atoms with van der Waals surface area (Å²) in [4.78, 5) is 16.5. The molecule has 0 radical (unpaired) electrons. The fourth-order valence-corrected chi connectivity index (χ4v) is 2.65. The third-order valence-electron chi connectivity index (χ3n) is 3.83. The van der Waals surface area contributed by atoms with Crippen molar-refractivity contribution < 1.29 is 14.3 Å². The maximum Gasteiger partial charge on any atom is 0.251 e. The van der Waals surface area contributed by atoms with E-state index < -0.39 is 0 Å². The second-order valence-electron chi connectivity index (χ2n) is 6.63. The number of carbonyl (C=O) groups is 1. The fraction of sp³-hybridized carbons (Fsp3) is 0.933. The predicted octanol–water partition coefficient (Wildman–Crippen LogP) is 1.12. The summed E-state index contributed by atoms with van der Waals surface area (Å²) in [7, 11) is 0. The van der Waals surface area contributed by atoms with Crippen molar-refractivity contribution in [2.75, 3.05) is 45.9 Å². The summed E-state index contributed by atoms with van der Waals surface area (Å²) in [5.74, 6) is 0.188. The van der Waals surface area contributed by atoms with E-state index in [-0.39, 0.29) is 17.6 Å². The van der Waals surface area contributed by atoms with Gasteiger partial charge < -0.3 is 14.4 Å². The first-order chi connectivity index (χ1) is 9.46. The van der Waals surface area contributed by atoms with Crippen LogP contribution in [0.5, 0.6) is 0 Å². The smallest absolute Gasteiger partial charge is 0.251 e. The molecule has 2 fully saturated rings. The van der Waals surface area contributed by atoms with Gasteiger partial charge >= 0.3 is 0 Å². The number of nitrogens with zero attached hydrogens (tertiary/aromatic N) is 2. The molecular formula is C15H28N2O3. The third-order valence-corrected chi connectivity index (χ3v) is 3.83. The van der Waals surface area contributed by atoms with E-state index in [0.29, 0.717) is 0 Å². The zero-order valence-electron chi connectivity index (χ0n) is 13.1. The minimum atomic E-state index is -0.175. The Morgan fingerprint density at radius 2 is 1.95 bits per heavy atom. The van der Waals surface area contributed by atoms with E-state index >= 15 is 0 Å². The first-order valence-electron chi connectivity index (χ1n) is 7.72. The topological polar surface area (TPSA) is 42.0 Å². The Balaban J connectivity index is 1.65. The minimum Gasteiger partial charge on any atom is -0.375 e. The molecule has 0 aliphatic carbocycles. The number of hydrogen-bond acceptors (Lipinski definition) is 4. The molecule has 0 bridgehead atoms. The number of ether oxygens (including phenoxy) is 2. The Morgan fingerprint density at radius 1 is 1.25 bits per heavy atom. The van der Waals surface area contributed by atoms with Gasteiger partial charge in [-0.05, 0) is 33.6 Å². The van der Waals surface area contributed by atoms with E-state index in [4.69, 9.17) is 9.47 Å². The molecule has 5 nitrogen and oxygen atoms in total. The highest BCUT2D eigenvalue weighted by molar-refractivity contribution is 5.81. The average Bonchev–Trinajstić information content (AvgIpc) is 2.91. The first kappa shape index (κ1) is 15.7. The van der Waals surface area contributed by atoms with Crippen molar-refractivity contribution in [1.29, 1.82) is 0 Å². The van der Waals surface area contributed by atoms with E-state index in [2.05, 4.69) is 25.7 Å². The van der Waals surface area contributed by atoms with Gasteiger partial charge in [-0.1, -0.05) is 0 Å². The number of hydrogen-bond donors (Lipinski definition) is 0. The molecule has 1 atom stereocenters. The summed E-state index contributed by atoms with van der Waals surface area (Å²) in [6.45, 7) is 12.2. The van der Waals surface area contributed by atoms with Crippen molar-refractivity contribution in [3.63, 3.8) is 0 Å². The molecule has 0 saturated carbocycles. The van der Waals surface area contributed by atoms with Crippen LogP contribution < -0.4 is 0 Å². The van der Waals surface area contributed by atoms with Crippen LogP contribution >= 0.6 is 0 Å². The molecule has 0 N–H and O–H groups in total. The molecule has 2 aliphatic heterocycles. The van der Waals surface area contributed by atoms with Gasteiger partial charge in [0, 0.05) is 39.3 Å². The van der Waals surface area contributed by atoms with Crippen molar-refractivity contribution in [2.24, 2.45) is 0 Å². The van der Waals surface area contributed by atoms with Crippen molar-refractivity contribution in [1.82, 2.24) is 9.80 Å². The van der Waals surface area contributed by atoms with Crippen LogP contribution in [0.15, 0.2) is 0 Å². The molecule has 0 aromatic heterocycles. The molecule has 5 heteroatoms. The van der Waals surface area contributed by atoms with Gasteiger partial charge in [-0.15, -0.1) is 0 Å². The van der Waals surface area contributed by atoms with Crippen LogP contribution in [0.3, 0.4) is 0 Å². The quantitative estimate of drug-likeness (QED) is 0.776. The standard InChI is InChI=1S/C15H28N2O3/c1-15(2,3)20-12-10-16-6-8-17(9-7-16)14(18)13-5-4-11-19-13/h13H,4-12H2,1-3H3. The molecule has 1 unspecified atom stereocenters. The van der Waals surface area contributed by atoms with Gasteiger partial charge in [0.25, 0.3) is 5.91 Å². The van der Waals surface area contributed by atoms with Crippen LogP contribution in [0, 0.1) is 0 Å². The molecule has 20 heavy (non-hydrogen) atoms. The predicted molar refractivity (Wildman–Crippen MR) is 77.7 cm³/mol. The Kier molecular flexibility index (Phi) is 5.41. The summed E-state index contributed by atoms with van der Waals surface area (Å²) in [6.07, 6.45) is 1.73. The number of amides is 1. The lowest BCUT2D eigenvalue weighted by atomic mass is 10.2. The van der Waals surface area contributed by atoms with Gasteiger partial charge in [0.1, 0.15) is 6.10 Å². The summed E-state index contributed by atoms with van der Waals surface area (Å²) < 4.78 is 11.2. The Labute approximate surface area is 122 Å². The summed E-state index contributed by atoms with van der Waals surface area (Å²) in [5, 5.41) is 0. The van der Waals surface area contributed by atoms with Crippen molar-refractivity contribution in [3.8, 4) is 0 Å². The Morgan fingerprint density at radius 3 is 2.50 bits per heavy atom. The van der Waals surface area contributed by atoms with E-state index in [1.54, 1.807) is 0 Å². The van der Waals surface area contributed by atoms with Gasteiger partial charge in [-0.25, -0.2) is 0 Å². The van der Waals surface area contributed by atoms with E-state index in [1.165, 1.54) is 0 Å². The van der Waals surface area contributed by atoms with Crippen molar-refractivity contribution >= 4 is 5.91 Å². The average molecular weight is 284 g/mol. The molecular weight excluding hydrogens is 256 g/mol. The van der Waals surface area contributed by atoms with Crippen molar-refractivity contribution in [3.05, 3.63) is 0 Å². The number of rotatable bonds is 4. The summed E-state index contributed by atoms with van der Waals surface area (Å²) >= 11 is 0. The highest BCUT2D eigenvalue weighted by Crippen LogP contribution is 2.16. The zero-order chi connectivity index (χ0) is 14.6. The molecule has 2 aliphatic rings. The van der Waals surface area contributed by atoms with Gasteiger partial charge in [-0.3, -0.25) is 9.69 Å². The monoisotopic (exact) mass is 284 g/mol. The summed E-state index contributed by atoms with van der Waals surface area (Å²) in [5.41, 5.74) is -0.0718. The van der Waals surface area contributed by atoms with E-state index in [1.807, 2.05) is 4.90 Å². The molecule has 0 spiro atoms. The molecule has 0 aromatic rings. The van der Waals surface area contributed by atoms with Crippen LogP contribution in [0.25, 0.3) is 0 Å². The van der Waals surface area contributed by atoms with Crippen LogP contribution in [-0.2, 0) is 14.3 Å². The molecule has 116 valence electrons. The number of piperazine rings is 1. The SMILES string of the molecule is CC(C)(C)OCCN1CCN(C(=O)C2CCCO2)CC1. The minimum absolute atomic E-state index is 0.0718. The molecule has 0 aromatic carbocycles. The van der Waals surface area contributed by atoms with Crippen LogP contribution in [0.4, 0.5) is 0 Å². The van der Waals surface area contributed by atoms with E-state index in [9.17, 15) is 4.79 Å². The van der Waals surface area contributed by atoms with E-state index in [0.717, 1.165) is 58.8 Å². The lowest BCUT2D eigenvalue weighted by molar-refractivity contribution is -0.142. The van der Waals surface area contributed by atoms with Crippen LogP contribution in [-0.4, -0.2) is 73.3 Å². The second kappa shape index (κ2) is 6.87. The lowest BCUT2D eigenvalue weighted by Crippen LogP contribution is -2.52. The Bertz CT molecular complexity index is 314. The van der Waals surface area contributed by atoms with Gasteiger partial charge in [0.2, 0.25) is 0 Å².